The first-order valence-electron chi connectivity index (χ1n) is 13.7. The van der Waals surface area contributed by atoms with Crippen molar-refractivity contribution in [3.8, 4) is 0 Å². The van der Waals surface area contributed by atoms with Gasteiger partial charge in [0.05, 0.1) is 19.2 Å². The SMILES string of the molecule is Cc1ccc(CN(CCCn2ccnc2)Cc2cnc(N3CCCCC3)nc2)s1.O=C(O)CC(O)(CC(=O)O)C(=O)O. The Bertz CT molecular complexity index is 1260. The number of aliphatic carboxylic acids is 3. The maximum atomic E-state index is 10.3. The number of aromatic nitrogens is 4. The van der Waals surface area contributed by atoms with Gasteiger partial charge in [-0.15, -0.1) is 11.3 Å². The molecule has 0 radical (unpaired) electrons. The molecule has 0 saturated carbocycles. The Morgan fingerprint density at radius 3 is 2.19 bits per heavy atom. The number of aliphatic hydroxyl groups is 1. The van der Waals surface area contributed by atoms with Crippen LogP contribution in [0.5, 0.6) is 0 Å². The van der Waals surface area contributed by atoms with E-state index in [0.29, 0.717) is 0 Å². The monoisotopic (exact) mass is 602 g/mol. The molecule has 0 aromatic carbocycles. The van der Waals surface area contributed by atoms with Crippen molar-refractivity contribution in [2.24, 2.45) is 0 Å². The first-order chi connectivity index (χ1) is 20.0. The number of thiophene rings is 1. The van der Waals surface area contributed by atoms with Gasteiger partial charge in [-0.3, -0.25) is 14.5 Å². The predicted octanol–water partition coefficient (Wildman–Crippen LogP) is 2.88. The molecular weight excluding hydrogens is 564 g/mol. The number of imidazole rings is 1. The fraction of sp³-hybridized carbons (Fsp3) is 0.500. The van der Waals surface area contributed by atoms with Crippen LogP contribution in [0.25, 0.3) is 0 Å². The summed E-state index contributed by atoms with van der Waals surface area (Å²) in [5.41, 5.74) is -1.56. The van der Waals surface area contributed by atoms with Crippen LogP contribution in [0.15, 0.2) is 43.2 Å². The van der Waals surface area contributed by atoms with E-state index in [0.717, 1.165) is 51.6 Å². The summed E-state index contributed by atoms with van der Waals surface area (Å²) in [7, 11) is 0. The number of anilines is 1. The molecule has 0 bridgehead atoms. The lowest BCUT2D eigenvalue weighted by Gasteiger charge is -2.27. The van der Waals surface area contributed by atoms with E-state index < -0.39 is 36.4 Å². The molecule has 4 heterocycles. The number of hydrogen-bond donors (Lipinski definition) is 4. The van der Waals surface area contributed by atoms with E-state index in [9.17, 15) is 14.4 Å². The number of carbonyl (C=O) groups is 3. The Morgan fingerprint density at radius 2 is 1.67 bits per heavy atom. The Labute approximate surface area is 248 Å². The molecule has 1 aliphatic rings. The van der Waals surface area contributed by atoms with Gasteiger partial charge in [-0.05, 0) is 44.7 Å². The highest BCUT2D eigenvalue weighted by Gasteiger charge is 2.40. The van der Waals surface area contributed by atoms with Crippen LogP contribution in [0.3, 0.4) is 0 Å². The lowest BCUT2D eigenvalue weighted by Crippen LogP contribution is -2.42. The van der Waals surface area contributed by atoms with Gasteiger partial charge >= 0.3 is 17.9 Å². The quantitative estimate of drug-likeness (QED) is 0.212. The molecule has 1 aliphatic heterocycles. The molecule has 0 atom stereocenters. The Balaban J connectivity index is 0.000000316. The van der Waals surface area contributed by atoms with E-state index in [4.69, 9.17) is 20.4 Å². The van der Waals surface area contributed by atoms with Crippen LogP contribution >= 0.6 is 11.3 Å². The third kappa shape index (κ3) is 10.8. The maximum Gasteiger partial charge on any atom is 0.336 e. The maximum absolute atomic E-state index is 10.3. The molecule has 0 unspecified atom stereocenters. The number of rotatable bonds is 14. The molecule has 0 amide bonds. The van der Waals surface area contributed by atoms with Crippen molar-refractivity contribution in [2.75, 3.05) is 24.5 Å². The molecule has 3 aromatic heterocycles. The molecule has 3 aromatic rings. The number of hydrogen-bond acceptors (Lipinski definition) is 10. The van der Waals surface area contributed by atoms with Crippen LogP contribution < -0.4 is 4.90 Å². The van der Waals surface area contributed by atoms with Crippen LogP contribution in [-0.4, -0.2) is 88.0 Å². The molecule has 42 heavy (non-hydrogen) atoms. The topological polar surface area (TPSA) is 182 Å². The Kier molecular flexibility index (Phi) is 12.4. The highest BCUT2D eigenvalue weighted by Crippen LogP contribution is 2.20. The number of carboxylic acid groups (broad SMARTS) is 3. The molecule has 0 spiro atoms. The van der Waals surface area contributed by atoms with Crippen molar-refractivity contribution in [1.29, 1.82) is 0 Å². The van der Waals surface area contributed by atoms with Crippen molar-refractivity contribution in [3.63, 3.8) is 0 Å². The summed E-state index contributed by atoms with van der Waals surface area (Å²) in [5, 5.41) is 33.8. The second kappa shape index (κ2) is 15.9. The van der Waals surface area contributed by atoms with Crippen LogP contribution in [0.4, 0.5) is 5.95 Å². The van der Waals surface area contributed by atoms with Crippen LogP contribution in [0.2, 0.25) is 0 Å². The summed E-state index contributed by atoms with van der Waals surface area (Å²) in [6, 6.07) is 4.46. The molecule has 1 saturated heterocycles. The Morgan fingerprint density at radius 1 is 1.00 bits per heavy atom. The molecule has 13 nitrogen and oxygen atoms in total. The van der Waals surface area contributed by atoms with E-state index >= 15 is 0 Å². The molecular formula is C28H38N6O7S. The van der Waals surface area contributed by atoms with Gasteiger partial charge in [0.15, 0.2) is 5.60 Å². The first kappa shape index (κ1) is 32.6. The van der Waals surface area contributed by atoms with Gasteiger partial charge in [-0.25, -0.2) is 19.7 Å². The molecule has 14 heteroatoms. The summed E-state index contributed by atoms with van der Waals surface area (Å²) in [5.74, 6) is -4.14. The van der Waals surface area contributed by atoms with Gasteiger partial charge in [0.1, 0.15) is 0 Å². The molecule has 4 rings (SSSR count). The number of piperidine rings is 1. The highest BCUT2D eigenvalue weighted by atomic mass is 32.1. The summed E-state index contributed by atoms with van der Waals surface area (Å²) < 4.78 is 2.14. The molecule has 228 valence electrons. The minimum absolute atomic E-state index is 0.876. The summed E-state index contributed by atoms with van der Waals surface area (Å²) >= 11 is 1.88. The summed E-state index contributed by atoms with van der Waals surface area (Å²) in [6.45, 7) is 8.20. The predicted molar refractivity (Wildman–Crippen MR) is 155 cm³/mol. The zero-order chi connectivity index (χ0) is 30.5. The average Bonchev–Trinajstić information content (AvgIpc) is 3.60. The van der Waals surface area contributed by atoms with E-state index in [2.05, 4.69) is 48.4 Å². The smallest absolute Gasteiger partial charge is 0.336 e. The normalized spacial score (nSPS) is 13.5. The number of nitrogens with zero attached hydrogens (tertiary/aromatic N) is 6. The van der Waals surface area contributed by atoms with Crippen molar-refractivity contribution in [3.05, 3.63) is 58.6 Å². The lowest BCUT2D eigenvalue weighted by atomic mass is 9.96. The minimum Gasteiger partial charge on any atom is -0.481 e. The Hall–Kier alpha value is -3.88. The van der Waals surface area contributed by atoms with E-state index in [1.165, 1.54) is 34.6 Å². The standard InChI is InChI=1S/C22H30N6S.C6H8O7/c1-19-6-7-21(29-19)17-27(10-5-9-26-13-8-23-18-26)16-20-14-24-22(25-15-20)28-11-3-2-4-12-28;7-3(8)1-6(13,5(11)12)2-4(9)10/h6-8,13-15,18H,2-5,9-12,16-17H2,1H3;13H,1-2H2,(H,7,8)(H,9,10)(H,11,12). The minimum atomic E-state index is -2.74. The van der Waals surface area contributed by atoms with Gasteiger partial charge in [0.2, 0.25) is 5.95 Å². The van der Waals surface area contributed by atoms with Crippen LogP contribution in [0.1, 0.15) is 53.8 Å². The number of aryl methyl sites for hydroxylation is 2. The zero-order valence-corrected chi connectivity index (χ0v) is 24.4. The van der Waals surface area contributed by atoms with Gasteiger partial charge in [-0.2, -0.15) is 0 Å². The molecule has 1 fully saturated rings. The van der Waals surface area contributed by atoms with Crippen molar-refractivity contribution < 1.29 is 34.8 Å². The van der Waals surface area contributed by atoms with Crippen LogP contribution in [0, 0.1) is 6.92 Å². The third-order valence-electron chi connectivity index (χ3n) is 6.65. The van der Waals surface area contributed by atoms with Crippen molar-refractivity contribution in [2.45, 2.75) is 70.7 Å². The second-order valence-corrected chi connectivity index (χ2v) is 11.7. The van der Waals surface area contributed by atoms with Gasteiger partial charge in [-0.1, -0.05) is 0 Å². The third-order valence-corrected chi connectivity index (χ3v) is 7.63. The van der Waals surface area contributed by atoms with Crippen molar-refractivity contribution in [1.82, 2.24) is 24.4 Å². The van der Waals surface area contributed by atoms with Gasteiger partial charge in [0.25, 0.3) is 0 Å². The lowest BCUT2D eigenvalue weighted by molar-refractivity contribution is -0.170. The first-order valence-corrected chi connectivity index (χ1v) is 14.5. The second-order valence-electron chi connectivity index (χ2n) is 10.3. The summed E-state index contributed by atoms with van der Waals surface area (Å²) in [4.78, 5) is 51.5. The van der Waals surface area contributed by atoms with Crippen molar-refractivity contribution >= 4 is 35.2 Å². The highest BCUT2D eigenvalue weighted by molar-refractivity contribution is 7.11. The van der Waals surface area contributed by atoms with Gasteiger partial charge in [0, 0.05) is 79.4 Å². The van der Waals surface area contributed by atoms with Gasteiger partial charge < -0.3 is 29.9 Å². The summed E-state index contributed by atoms with van der Waals surface area (Å²) in [6.07, 6.45) is 12.4. The molecule has 4 N–H and O–H groups in total. The zero-order valence-electron chi connectivity index (χ0n) is 23.6. The fourth-order valence-corrected chi connectivity index (χ4v) is 5.49. The average molecular weight is 603 g/mol. The van der Waals surface area contributed by atoms with E-state index in [1.807, 2.05) is 42.5 Å². The van der Waals surface area contributed by atoms with E-state index in [-0.39, 0.29) is 0 Å². The van der Waals surface area contributed by atoms with E-state index in [1.54, 1.807) is 0 Å². The van der Waals surface area contributed by atoms with Crippen LogP contribution in [-0.2, 0) is 34.0 Å². The largest absolute Gasteiger partial charge is 0.481 e. The molecule has 0 aliphatic carbocycles. The number of carboxylic acids is 3. The fourth-order valence-electron chi connectivity index (χ4n) is 4.56.